The summed E-state index contributed by atoms with van der Waals surface area (Å²) in [5.74, 6) is -9.05. The third-order valence-corrected chi connectivity index (χ3v) is 11.7. The minimum Gasteiger partial charge on any atom is -0.428 e. The van der Waals surface area contributed by atoms with Crippen molar-refractivity contribution in [3.05, 3.63) is 196 Å². The molecule has 0 atom stereocenters. The molecule has 75 heavy (non-hydrogen) atoms. The van der Waals surface area contributed by atoms with Gasteiger partial charge in [-0.1, -0.05) is 30.3 Å². The summed E-state index contributed by atoms with van der Waals surface area (Å²) in [5, 5.41) is 0. The van der Waals surface area contributed by atoms with Crippen LogP contribution in [0.1, 0.15) is 78.8 Å². The van der Waals surface area contributed by atoms with Crippen molar-refractivity contribution in [3.8, 4) is 34.1 Å². The Kier molecular flexibility index (Phi) is 13.4. The molecular weight excluding hydrogens is 1030 g/mol. The van der Waals surface area contributed by atoms with Crippen LogP contribution in [0.5, 0.6) is 23.0 Å². The van der Waals surface area contributed by atoms with E-state index in [1.165, 1.54) is 31.2 Å². The number of ether oxygens (including phenoxy) is 4. The first-order chi connectivity index (χ1) is 35.2. The van der Waals surface area contributed by atoms with E-state index in [9.17, 15) is 55.1 Å². The number of nitrogens with zero attached hydrogens (tertiary/aromatic N) is 2. The maximum Gasteiger partial charge on any atom is 0.411 e. The number of hydrogen-bond acceptors (Lipinski definition) is 10. The highest BCUT2D eigenvalue weighted by Crippen LogP contribution is 2.57. The van der Waals surface area contributed by atoms with E-state index in [4.69, 9.17) is 9.47 Å². The number of anilines is 1. The first kappa shape index (κ1) is 52.1. The van der Waals surface area contributed by atoms with Gasteiger partial charge in [0.15, 0.2) is 5.75 Å². The van der Waals surface area contributed by atoms with Gasteiger partial charge in [0, 0.05) is 7.05 Å². The van der Waals surface area contributed by atoms with Crippen LogP contribution in [-0.2, 0) is 5.41 Å². The summed E-state index contributed by atoms with van der Waals surface area (Å²) in [7, 11) is 0.964. The van der Waals surface area contributed by atoms with Crippen LogP contribution >= 0.6 is 0 Å². The zero-order valence-corrected chi connectivity index (χ0v) is 37.6. The second-order valence-electron chi connectivity index (χ2n) is 16.1. The number of benzene rings is 6. The molecule has 0 bridgehead atoms. The van der Waals surface area contributed by atoms with Gasteiger partial charge in [0.1, 0.15) is 17.2 Å². The molecule has 0 fully saturated rings. The SMILES string of the molecule is Cc1ccc(-c2ccc(N3C(=O)c4ccc(C(c5ccc6c(c5)C(=O)N(C)C6=O)(C(F)(F)F)C(F)(F)F)cc4C3=O)c(OC(=O)c3ccc(OC(F)=C(F)F)cc3)c2)cc1OC(=O)c1ccc(OC(F)=C(F)F)cc1. The summed E-state index contributed by atoms with van der Waals surface area (Å²) in [5.41, 5.74) is -11.7. The minimum absolute atomic E-state index is 0.0644. The van der Waals surface area contributed by atoms with Crippen molar-refractivity contribution in [1.29, 1.82) is 0 Å². The molecule has 0 radical (unpaired) electrons. The number of imide groups is 2. The number of carbonyl (C=O) groups is 6. The van der Waals surface area contributed by atoms with Crippen molar-refractivity contribution in [2.75, 3.05) is 11.9 Å². The van der Waals surface area contributed by atoms with E-state index < -0.39 is 139 Å². The van der Waals surface area contributed by atoms with Crippen LogP contribution in [0.3, 0.4) is 0 Å². The minimum atomic E-state index is -6.28. The van der Waals surface area contributed by atoms with E-state index in [1.54, 1.807) is 0 Å². The van der Waals surface area contributed by atoms with Gasteiger partial charge in [0.2, 0.25) is 5.41 Å². The van der Waals surface area contributed by atoms with Crippen LogP contribution in [-0.4, -0.2) is 59.9 Å². The lowest BCUT2D eigenvalue weighted by Crippen LogP contribution is -2.55. The predicted molar refractivity (Wildman–Crippen MR) is 235 cm³/mol. The number of hydrogen-bond donors (Lipinski definition) is 0. The number of amides is 4. The van der Waals surface area contributed by atoms with Gasteiger partial charge in [0.05, 0.1) is 39.1 Å². The van der Waals surface area contributed by atoms with Crippen LogP contribution in [0.25, 0.3) is 11.1 Å². The maximum absolute atomic E-state index is 15.4. The quantitative estimate of drug-likeness (QED) is 0.0382. The molecule has 0 saturated heterocycles. The van der Waals surface area contributed by atoms with Crippen molar-refractivity contribution in [2.24, 2.45) is 0 Å². The average molecular weight is 1050 g/mol. The van der Waals surface area contributed by atoms with Gasteiger partial charge in [-0.05, 0) is 126 Å². The van der Waals surface area contributed by atoms with Crippen molar-refractivity contribution in [3.63, 3.8) is 0 Å². The summed E-state index contributed by atoms with van der Waals surface area (Å²) < 4.78 is 189. The van der Waals surface area contributed by atoms with E-state index >= 15 is 26.3 Å². The number of rotatable bonds is 12. The largest absolute Gasteiger partial charge is 0.428 e. The van der Waals surface area contributed by atoms with Gasteiger partial charge in [-0.2, -0.15) is 52.7 Å². The van der Waals surface area contributed by atoms with Crippen LogP contribution in [0.15, 0.2) is 146 Å². The first-order valence-corrected chi connectivity index (χ1v) is 21.0. The smallest absolute Gasteiger partial charge is 0.411 e. The third kappa shape index (κ3) is 9.40. The van der Waals surface area contributed by atoms with Gasteiger partial charge < -0.3 is 18.9 Å². The molecule has 2 aliphatic heterocycles. The lowest BCUT2D eigenvalue weighted by Gasteiger charge is -2.38. The average Bonchev–Trinajstić information content (AvgIpc) is 3.73. The van der Waals surface area contributed by atoms with Gasteiger partial charge in [-0.15, -0.1) is 0 Å². The maximum atomic E-state index is 15.4. The topological polar surface area (TPSA) is 146 Å². The Bertz CT molecular complexity index is 3460. The number of fused-ring (bicyclic) bond motifs is 2. The lowest BCUT2D eigenvalue weighted by atomic mass is 9.71. The molecular formula is C51H26F12N2O10. The predicted octanol–water partition coefficient (Wildman–Crippen LogP) is 12.4. The third-order valence-electron chi connectivity index (χ3n) is 11.7. The van der Waals surface area contributed by atoms with E-state index in [0.29, 0.717) is 34.7 Å². The van der Waals surface area contributed by atoms with Gasteiger partial charge in [-0.3, -0.25) is 24.1 Å². The number of halogens is 12. The molecule has 2 aliphatic rings. The Morgan fingerprint density at radius 1 is 0.453 bits per heavy atom. The van der Waals surface area contributed by atoms with Gasteiger partial charge in [-0.25, -0.2) is 14.5 Å². The molecule has 24 heteroatoms. The van der Waals surface area contributed by atoms with Crippen molar-refractivity contribution < 1.29 is 100 Å². The fraction of sp³-hybridized carbons (Fsp3) is 0.0980. The molecule has 0 aromatic heterocycles. The number of esters is 2. The second kappa shape index (κ2) is 19.3. The van der Waals surface area contributed by atoms with Crippen LogP contribution < -0.4 is 23.8 Å². The Morgan fingerprint density at radius 3 is 1.32 bits per heavy atom. The van der Waals surface area contributed by atoms with E-state index in [-0.39, 0.29) is 39.5 Å². The van der Waals surface area contributed by atoms with Gasteiger partial charge >= 0.3 is 48.5 Å². The summed E-state index contributed by atoms with van der Waals surface area (Å²) in [6, 6.07) is 13.1. The normalized spacial score (nSPS) is 13.4. The molecule has 6 aromatic carbocycles. The van der Waals surface area contributed by atoms with Crippen molar-refractivity contribution >= 4 is 41.3 Å². The highest BCUT2D eigenvalue weighted by molar-refractivity contribution is 6.35. The molecule has 2 heterocycles. The fourth-order valence-electron chi connectivity index (χ4n) is 8.04. The molecule has 384 valence electrons. The molecule has 8 rings (SSSR count). The number of alkyl halides is 6. The lowest BCUT2D eigenvalue weighted by molar-refractivity contribution is -0.288. The standard InChI is InChI=1S/C51H26F12N2O10/c1-23-3-4-26(19-37(23)74-47(70)24-5-12-30(13-6-24)72-41(56)39(52)53)27-9-18-36(38(20-27)75-48(71)25-7-14-31(15-8-25)73-42(57)40(54)55)65-45(68)33-17-11-29(22-35(33)46(65)69)49(50(58,59)60,51(61,62)63)28-10-16-32-34(21-28)44(67)64(2)43(32)66/h3-22H,1-2H3. The molecule has 0 saturated carbocycles. The first-order valence-electron chi connectivity index (χ1n) is 21.0. The van der Waals surface area contributed by atoms with Crippen molar-refractivity contribution in [1.82, 2.24) is 4.90 Å². The molecule has 0 spiro atoms. The number of aryl methyl sites for hydroxylation is 1. The Hall–Kier alpha value is -9.22. The molecule has 0 aliphatic carbocycles. The highest BCUT2D eigenvalue weighted by atomic mass is 19.4. The van der Waals surface area contributed by atoms with Crippen molar-refractivity contribution in [2.45, 2.75) is 24.7 Å². The Morgan fingerprint density at radius 2 is 0.853 bits per heavy atom. The molecule has 0 N–H and O–H groups in total. The zero-order valence-electron chi connectivity index (χ0n) is 37.6. The van der Waals surface area contributed by atoms with Crippen LogP contribution in [0.4, 0.5) is 58.4 Å². The molecule has 12 nitrogen and oxygen atoms in total. The Balaban J connectivity index is 1.18. The van der Waals surface area contributed by atoms with Crippen LogP contribution in [0, 0.1) is 6.92 Å². The zero-order chi connectivity index (χ0) is 54.6. The Labute approximate surface area is 412 Å². The van der Waals surface area contributed by atoms with E-state index in [0.717, 1.165) is 67.7 Å². The molecule has 6 aromatic rings. The second-order valence-corrected chi connectivity index (χ2v) is 16.1. The summed E-state index contributed by atoms with van der Waals surface area (Å²) in [6.07, 6.45) is -18.1. The highest BCUT2D eigenvalue weighted by Gasteiger charge is 2.73. The van der Waals surface area contributed by atoms with Crippen LogP contribution in [0.2, 0.25) is 0 Å². The molecule has 4 amide bonds. The fourth-order valence-corrected chi connectivity index (χ4v) is 8.04. The van der Waals surface area contributed by atoms with E-state index in [2.05, 4.69) is 9.47 Å². The summed E-state index contributed by atoms with van der Waals surface area (Å²) in [4.78, 5) is 81.3. The van der Waals surface area contributed by atoms with Gasteiger partial charge in [0.25, 0.3) is 23.6 Å². The van der Waals surface area contributed by atoms with E-state index in [1.807, 2.05) is 0 Å². The summed E-state index contributed by atoms with van der Waals surface area (Å²) >= 11 is 0. The monoisotopic (exact) mass is 1050 g/mol. The number of carbonyl (C=O) groups excluding carboxylic acids is 6. The summed E-state index contributed by atoms with van der Waals surface area (Å²) in [6.45, 7) is 1.52. The molecule has 0 unspecified atom stereocenters.